The van der Waals surface area contributed by atoms with Gasteiger partial charge in [0.05, 0.1) is 11.9 Å². The molecular weight excluding hydrogens is 282 g/mol. The standard InChI is InChI=1S/C16H15N3O3/c17-15(20)11-2-1-3-13(8-11)22-14-7-6-12(9-18-14)19-16(21)10-4-5-10/h1-3,6-10H,4-5H2,(H2,17,20)(H,19,21). The van der Waals surface area contributed by atoms with Crippen molar-refractivity contribution in [1.29, 1.82) is 0 Å². The Kier molecular flexibility index (Phi) is 3.74. The van der Waals surface area contributed by atoms with Crippen molar-refractivity contribution in [3.05, 3.63) is 48.2 Å². The van der Waals surface area contributed by atoms with Crippen molar-refractivity contribution in [3.8, 4) is 11.6 Å². The molecule has 6 heteroatoms. The van der Waals surface area contributed by atoms with Crippen LogP contribution in [0.15, 0.2) is 42.6 Å². The van der Waals surface area contributed by atoms with Crippen molar-refractivity contribution in [2.45, 2.75) is 12.8 Å². The number of primary amides is 1. The van der Waals surface area contributed by atoms with Gasteiger partial charge in [-0.1, -0.05) is 6.07 Å². The molecular formula is C16H15N3O3. The molecule has 1 aliphatic carbocycles. The molecule has 0 aliphatic heterocycles. The Balaban J connectivity index is 1.66. The zero-order chi connectivity index (χ0) is 15.5. The van der Waals surface area contributed by atoms with Gasteiger partial charge < -0.3 is 15.8 Å². The monoisotopic (exact) mass is 297 g/mol. The SMILES string of the molecule is NC(=O)c1cccc(Oc2ccc(NC(=O)C3CC3)cn2)c1. The molecule has 1 aromatic carbocycles. The molecule has 0 radical (unpaired) electrons. The van der Waals surface area contributed by atoms with Crippen LogP contribution < -0.4 is 15.8 Å². The number of nitrogens with zero attached hydrogens (tertiary/aromatic N) is 1. The molecule has 1 aromatic heterocycles. The number of aromatic nitrogens is 1. The fourth-order valence-corrected chi connectivity index (χ4v) is 1.94. The number of rotatable bonds is 5. The van der Waals surface area contributed by atoms with Crippen molar-refractivity contribution in [3.63, 3.8) is 0 Å². The average molecular weight is 297 g/mol. The number of pyridine rings is 1. The number of hydrogen-bond donors (Lipinski definition) is 2. The Morgan fingerprint density at radius 1 is 1.23 bits per heavy atom. The van der Waals surface area contributed by atoms with Crippen LogP contribution in [0.25, 0.3) is 0 Å². The van der Waals surface area contributed by atoms with Crippen LogP contribution >= 0.6 is 0 Å². The molecule has 0 spiro atoms. The zero-order valence-electron chi connectivity index (χ0n) is 11.8. The number of carbonyl (C=O) groups excluding carboxylic acids is 2. The number of anilines is 1. The summed E-state index contributed by atoms with van der Waals surface area (Å²) in [6.45, 7) is 0. The highest BCUT2D eigenvalue weighted by molar-refractivity contribution is 5.94. The highest BCUT2D eigenvalue weighted by Gasteiger charge is 2.29. The van der Waals surface area contributed by atoms with Crippen LogP contribution in [0.5, 0.6) is 11.6 Å². The lowest BCUT2D eigenvalue weighted by Gasteiger charge is -2.07. The second kappa shape index (κ2) is 5.85. The predicted octanol–water partition coefficient (Wildman–Crippen LogP) is 2.32. The number of nitrogens with two attached hydrogens (primary N) is 1. The minimum Gasteiger partial charge on any atom is -0.439 e. The molecule has 112 valence electrons. The van der Waals surface area contributed by atoms with Gasteiger partial charge in [0.2, 0.25) is 17.7 Å². The lowest BCUT2D eigenvalue weighted by atomic mass is 10.2. The maximum atomic E-state index is 11.6. The summed E-state index contributed by atoms with van der Waals surface area (Å²) in [6, 6.07) is 9.92. The van der Waals surface area contributed by atoms with Crippen molar-refractivity contribution in [2.24, 2.45) is 11.7 Å². The average Bonchev–Trinajstić information content (AvgIpc) is 3.34. The van der Waals surface area contributed by atoms with Gasteiger partial charge in [-0.25, -0.2) is 4.98 Å². The second-order valence-electron chi connectivity index (χ2n) is 5.14. The lowest BCUT2D eigenvalue weighted by molar-refractivity contribution is -0.117. The Labute approximate surface area is 127 Å². The summed E-state index contributed by atoms with van der Waals surface area (Å²) >= 11 is 0. The Morgan fingerprint density at radius 2 is 2.05 bits per heavy atom. The van der Waals surface area contributed by atoms with Gasteiger partial charge in [0.25, 0.3) is 0 Å². The fourth-order valence-electron chi connectivity index (χ4n) is 1.94. The number of ether oxygens (including phenoxy) is 1. The molecule has 6 nitrogen and oxygen atoms in total. The predicted molar refractivity (Wildman–Crippen MR) is 80.6 cm³/mol. The smallest absolute Gasteiger partial charge is 0.248 e. The molecule has 3 rings (SSSR count). The van der Waals surface area contributed by atoms with Crippen LogP contribution in [0, 0.1) is 5.92 Å². The van der Waals surface area contributed by atoms with Gasteiger partial charge in [-0.2, -0.15) is 0 Å². The number of carbonyl (C=O) groups is 2. The molecule has 22 heavy (non-hydrogen) atoms. The van der Waals surface area contributed by atoms with E-state index in [1.807, 2.05) is 0 Å². The van der Waals surface area contributed by atoms with Crippen molar-refractivity contribution in [2.75, 3.05) is 5.32 Å². The van der Waals surface area contributed by atoms with Gasteiger partial charge >= 0.3 is 0 Å². The van der Waals surface area contributed by atoms with Gasteiger partial charge in [-0.05, 0) is 37.1 Å². The van der Waals surface area contributed by atoms with E-state index in [0.717, 1.165) is 12.8 Å². The second-order valence-corrected chi connectivity index (χ2v) is 5.14. The molecule has 1 fully saturated rings. The molecule has 1 aliphatic rings. The fraction of sp³-hybridized carbons (Fsp3) is 0.188. The summed E-state index contributed by atoms with van der Waals surface area (Å²) in [5.41, 5.74) is 6.22. The summed E-state index contributed by atoms with van der Waals surface area (Å²) in [4.78, 5) is 26.9. The molecule has 2 aromatic rings. The maximum absolute atomic E-state index is 11.6. The maximum Gasteiger partial charge on any atom is 0.248 e. The Morgan fingerprint density at radius 3 is 2.68 bits per heavy atom. The van der Waals surface area contributed by atoms with Gasteiger partial charge in [-0.3, -0.25) is 9.59 Å². The summed E-state index contributed by atoms with van der Waals surface area (Å²) in [6.07, 6.45) is 3.45. The molecule has 0 unspecified atom stereocenters. The molecule has 2 amide bonds. The van der Waals surface area contributed by atoms with E-state index in [1.54, 1.807) is 36.4 Å². The van der Waals surface area contributed by atoms with Crippen LogP contribution in [0.4, 0.5) is 5.69 Å². The lowest BCUT2D eigenvalue weighted by Crippen LogP contribution is -2.13. The van der Waals surface area contributed by atoms with Crippen molar-refractivity contribution >= 4 is 17.5 Å². The number of nitrogens with one attached hydrogen (secondary N) is 1. The minimum absolute atomic E-state index is 0.0321. The first-order chi connectivity index (χ1) is 10.6. The van der Waals surface area contributed by atoms with Crippen LogP contribution in [-0.4, -0.2) is 16.8 Å². The van der Waals surface area contributed by atoms with Crippen molar-refractivity contribution in [1.82, 2.24) is 4.98 Å². The number of benzene rings is 1. The summed E-state index contributed by atoms with van der Waals surface area (Å²) in [7, 11) is 0. The van der Waals surface area contributed by atoms with E-state index in [1.165, 1.54) is 6.20 Å². The van der Waals surface area contributed by atoms with Gasteiger partial charge in [-0.15, -0.1) is 0 Å². The molecule has 0 atom stereocenters. The number of hydrogen-bond acceptors (Lipinski definition) is 4. The van der Waals surface area contributed by atoms with Gasteiger partial charge in [0.1, 0.15) is 5.75 Å². The first-order valence-electron chi connectivity index (χ1n) is 6.96. The minimum atomic E-state index is -0.517. The van der Waals surface area contributed by atoms with Crippen molar-refractivity contribution < 1.29 is 14.3 Å². The normalized spacial score (nSPS) is 13.5. The largest absolute Gasteiger partial charge is 0.439 e. The van der Waals surface area contributed by atoms with E-state index < -0.39 is 5.91 Å². The van der Waals surface area contributed by atoms with E-state index in [2.05, 4.69) is 10.3 Å². The van der Waals surface area contributed by atoms with Crippen LogP contribution in [-0.2, 0) is 4.79 Å². The molecule has 0 saturated heterocycles. The van der Waals surface area contributed by atoms with Crippen LogP contribution in [0.2, 0.25) is 0 Å². The third-order valence-electron chi connectivity index (χ3n) is 3.29. The molecule has 1 saturated carbocycles. The molecule has 3 N–H and O–H groups in total. The highest BCUT2D eigenvalue weighted by Crippen LogP contribution is 2.30. The highest BCUT2D eigenvalue weighted by atomic mass is 16.5. The molecule has 0 bridgehead atoms. The van der Waals surface area contributed by atoms with E-state index >= 15 is 0 Å². The topological polar surface area (TPSA) is 94.3 Å². The summed E-state index contributed by atoms with van der Waals surface area (Å²) in [5.74, 6) is 0.498. The molecule has 1 heterocycles. The zero-order valence-corrected chi connectivity index (χ0v) is 11.8. The third kappa shape index (κ3) is 3.41. The number of amides is 2. The van der Waals surface area contributed by atoms with Crippen LogP contribution in [0.1, 0.15) is 23.2 Å². The third-order valence-corrected chi connectivity index (χ3v) is 3.29. The van der Waals surface area contributed by atoms with Crippen LogP contribution in [0.3, 0.4) is 0 Å². The van der Waals surface area contributed by atoms with E-state index in [4.69, 9.17) is 10.5 Å². The van der Waals surface area contributed by atoms with Gasteiger partial charge in [0, 0.05) is 17.5 Å². The van der Waals surface area contributed by atoms with E-state index in [-0.39, 0.29) is 11.8 Å². The van der Waals surface area contributed by atoms with E-state index in [0.29, 0.717) is 22.9 Å². The Hall–Kier alpha value is -2.89. The quantitative estimate of drug-likeness (QED) is 0.885. The van der Waals surface area contributed by atoms with Gasteiger partial charge in [0.15, 0.2) is 0 Å². The first-order valence-corrected chi connectivity index (χ1v) is 6.96. The summed E-state index contributed by atoms with van der Waals surface area (Å²) < 4.78 is 5.56. The Bertz CT molecular complexity index is 709. The summed E-state index contributed by atoms with van der Waals surface area (Å²) in [5, 5.41) is 2.80. The van der Waals surface area contributed by atoms with E-state index in [9.17, 15) is 9.59 Å². The first kappa shape index (κ1) is 14.1.